The molecule has 1 amide bonds. The number of nitrogens with two attached hydrogens (primary N) is 1. The zero-order chi connectivity index (χ0) is 13.2. The van der Waals surface area contributed by atoms with Gasteiger partial charge in [-0.1, -0.05) is 20.8 Å². The van der Waals surface area contributed by atoms with Gasteiger partial charge in [-0.2, -0.15) is 0 Å². The van der Waals surface area contributed by atoms with Crippen molar-refractivity contribution in [2.75, 3.05) is 19.3 Å². The van der Waals surface area contributed by atoms with Crippen LogP contribution in [0.15, 0.2) is 18.2 Å². The number of carbonyl (C=O) groups excluding carboxylic acids is 1. The second-order valence-corrected chi connectivity index (χ2v) is 5.45. The van der Waals surface area contributed by atoms with E-state index in [1.54, 1.807) is 11.9 Å². The van der Waals surface area contributed by atoms with Crippen molar-refractivity contribution >= 4 is 11.6 Å². The Labute approximate surface area is 101 Å². The van der Waals surface area contributed by atoms with Crippen LogP contribution < -0.4 is 5.73 Å². The highest BCUT2D eigenvalue weighted by Gasteiger charge is 2.20. The van der Waals surface area contributed by atoms with Gasteiger partial charge in [0.25, 0.3) is 5.91 Å². The Morgan fingerprint density at radius 3 is 2.47 bits per heavy atom. The Morgan fingerprint density at radius 2 is 2.00 bits per heavy atom. The van der Waals surface area contributed by atoms with Crippen LogP contribution in [0.4, 0.5) is 10.1 Å². The number of hydrogen-bond donors (Lipinski definition) is 1. The van der Waals surface area contributed by atoms with Gasteiger partial charge in [0.2, 0.25) is 0 Å². The summed E-state index contributed by atoms with van der Waals surface area (Å²) in [5.41, 5.74) is 6.17. The monoisotopic (exact) mass is 238 g/mol. The number of anilines is 1. The second-order valence-electron chi connectivity index (χ2n) is 5.45. The third kappa shape index (κ3) is 3.73. The molecule has 0 fully saturated rings. The van der Waals surface area contributed by atoms with E-state index in [-0.39, 0.29) is 17.0 Å². The molecule has 0 saturated heterocycles. The van der Waals surface area contributed by atoms with Gasteiger partial charge in [0, 0.05) is 19.3 Å². The number of amides is 1. The van der Waals surface area contributed by atoms with Gasteiger partial charge in [-0.25, -0.2) is 4.39 Å². The van der Waals surface area contributed by atoms with Crippen molar-refractivity contribution in [2.24, 2.45) is 5.41 Å². The molecule has 0 unspecified atom stereocenters. The summed E-state index contributed by atoms with van der Waals surface area (Å²) in [6, 6.07) is 3.83. The van der Waals surface area contributed by atoms with Crippen LogP contribution in [-0.2, 0) is 0 Å². The molecule has 0 atom stereocenters. The van der Waals surface area contributed by atoms with Crippen molar-refractivity contribution in [3.05, 3.63) is 29.6 Å². The highest BCUT2D eigenvalue weighted by Crippen LogP contribution is 2.19. The molecule has 0 radical (unpaired) electrons. The number of benzene rings is 1. The van der Waals surface area contributed by atoms with E-state index in [2.05, 4.69) is 0 Å². The van der Waals surface area contributed by atoms with Crippen LogP contribution in [0.25, 0.3) is 0 Å². The lowest BCUT2D eigenvalue weighted by Gasteiger charge is -2.27. The Morgan fingerprint density at radius 1 is 1.41 bits per heavy atom. The molecular formula is C13H19FN2O. The quantitative estimate of drug-likeness (QED) is 0.805. The first-order valence-electron chi connectivity index (χ1n) is 5.51. The summed E-state index contributed by atoms with van der Waals surface area (Å²) in [7, 11) is 1.72. The SMILES string of the molecule is CN(CC(C)(C)C)C(=O)c1ccc(F)cc1N. The number of nitrogen functional groups attached to an aromatic ring is 1. The van der Waals surface area contributed by atoms with Crippen molar-refractivity contribution in [3.63, 3.8) is 0 Å². The molecule has 0 heterocycles. The van der Waals surface area contributed by atoms with Crippen LogP contribution in [-0.4, -0.2) is 24.4 Å². The maximum Gasteiger partial charge on any atom is 0.255 e. The summed E-state index contributed by atoms with van der Waals surface area (Å²) in [5, 5.41) is 0. The maximum atomic E-state index is 12.9. The smallest absolute Gasteiger partial charge is 0.255 e. The molecular weight excluding hydrogens is 219 g/mol. The van der Waals surface area contributed by atoms with E-state index in [1.165, 1.54) is 12.1 Å². The zero-order valence-electron chi connectivity index (χ0n) is 10.7. The number of halogens is 1. The zero-order valence-corrected chi connectivity index (χ0v) is 10.7. The molecule has 4 heteroatoms. The molecule has 1 aromatic carbocycles. The third-order valence-corrected chi connectivity index (χ3v) is 2.30. The average molecular weight is 238 g/mol. The highest BCUT2D eigenvalue weighted by molar-refractivity contribution is 5.98. The van der Waals surface area contributed by atoms with Crippen molar-refractivity contribution in [2.45, 2.75) is 20.8 Å². The number of carbonyl (C=O) groups is 1. The summed E-state index contributed by atoms with van der Waals surface area (Å²) < 4.78 is 12.9. The molecule has 2 N–H and O–H groups in total. The molecule has 0 bridgehead atoms. The molecule has 1 rings (SSSR count). The van der Waals surface area contributed by atoms with E-state index in [1.807, 2.05) is 20.8 Å². The van der Waals surface area contributed by atoms with E-state index in [0.29, 0.717) is 12.1 Å². The van der Waals surface area contributed by atoms with E-state index >= 15 is 0 Å². The van der Waals surface area contributed by atoms with Crippen LogP contribution in [0.5, 0.6) is 0 Å². The standard InChI is InChI=1S/C13H19FN2O/c1-13(2,3)8-16(4)12(17)10-6-5-9(14)7-11(10)15/h5-7H,8,15H2,1-4H3. The van der Waals surface area contributed by atoms with Gasteiger partial charge in [-0.3, -0.25) is 4.79 Å². The highest BCUT2D eigenvalue weighted by atomic mass is 19.1. The number of rotatable bonds is 2. The molecule has 0 aliphatic rings. The van der Waals surface area contributed by atoms with Crippen molar-refractivity contribution in [1.82, 2.24) is 4.90 Å². The first-order chi connectivity index (χ1) is 7.70. The fourth-order valence-electron chi connectivity index (χ4n) is 1.72. The third-order valence-electron chi connectivity index (χ3n) is 2.30. The number of hydrogen-bond acceptors (Lipinski definition) is 2. The molecule has 0 aliphatic heterocycles. The van der Waals surface area contributed by atoms with Crippen molar-refractivity contribution in [3.8, 4) is 0 Å². The van der Waals surface area contributed by atoms with Gasteiger partial charge in [-0.15, -0.1) is 0 Å². The minimum Gasteiger partial charge on any atom is -0.398 e. The van der Waals surface area contributed by atoms with Crippen LogP contribution in [0.3, 0.4) is 0 Å². The Kier molecular flexibility index (Phi) is 3.76. The van der Waals surface area contributed by atoms with Gasteiger partial charge in [0.05, 0.1) is 5.56 Å². The maximum absolute atomic E-state index is 12.9. The summed E-state index contributed by atoms with van der Waals surface area (Å²) >= 11 is 0. The lowest BCUT2D eigenvalue weighted by Crippen LogP contribution is -2.34. The van der Waals surface area contributed by atoms with E-state index in [4.69, 9.17) is 5.73 Å². The van der Waals surface area contributed by atoms with E-state index in [9.17, 15) is 9.18 Å². The minimum atomic E-state index is -0.433. The normalized spacial score (nSPS) is 11.4. The summed E-state index contributed by atoms with van der Waals surface area (Å²) in [4.78, 5) is 13.7. The fourth-order valence-corrected chi connectivity index (χ4v) is 1.72. The predicted octanol–water partition coefficient (Wildman–Crippen LogP) is 2.53. The lowest BCUT2D eigenvalue weighted by atomic mass is 9.96. The molecule has 0 aromatic heterocycles. The first-order valence-corrected chi connectivity index (χ1v) is 5.51. The molecule has 94 valence electrons. The molecule has 0 aliphatic carbocycles. The average Bonchev–Trinajstić information content (AvgIpc) is 2.14. The van der Waals surface area contributed by atoms with Crippen molar-refractivity contribution in [1.29, 1.82) is 0 Å². The molecule has 17 heavy (non-hydrogen) atoms. The topological polar surface area (TPSA) is 46.3 Å². The summed E-state index contributed by atoms with van der Waals surface area (Å²) in [6.45, 7) is 6.75. The van der Waals surface area contributed by atoms with Crippen LogP contribution in [0, 0.1) is 11.2 Å². The number of nitrogens with zero attached hydrogens (tertiary/aromatic N) is 1. The Bertz CT molecular complexity index is 424. The largest absolute Gasteiger partial charge is 0.398 e. The fraction of sp³-hybridized carbons (Fsp3) is 0.462. The first kappa shape index (κ1) is 13.5. The predicted molar refractivity (Wildman–Crippen MR) is 67.2 cm³/mol. The van der Waals surface area contributed by atoms with Crippen molar-refractivity contribution < 1.29 is 9.18 Å². The lowest BCUT2D eigenvalue weighted by molar-refractivity contribution is 0.0746. The van der Waals surface area contributed by atoms with Gasteiger partial charge < -0.3 is 10.6 Å². The van der Waals surface area contributed by atoms with Crippen LogP contribution >= 0.6 is 0 Å². The summed E-state index contributed by atoms with van der Waals surface area (Å²) in [5.74, 6) is -0.616. The van der Waals surface area contributed by atoms with Gasteiger partial charge in [-0.05, 0) is 23.6 Å². The minimum absolute atomic E-state index is 0.0131. The van der Waals surface area contributed by atoms with Crippen LogP contribution in [0.1, 0.15) is 31.1 Å². The van der Waals surface area contributed by atoms with E-state index < -0.39 is 5.82 Å². The van der Waals surface area contributed by atoms with Gasteiger partial charge in [0.15, 0.2) is 0 Å². The van der Waals surface area contributed by atoms with Gasteiger partial charge >= 0.3 is 0 Å². The molecule has 0 saturated carbocycles. The van der Waals surface area contributed by atoms with E-state index in [0.717, 1.165) is 6.07 Å². The van der Waals surface area contributed by atoms with Gasteiger partial charge in [0.1, 0.15) is 5.82 Å². The second kappa shape index (κ2) is 4.73. The van der Waals surface area contributed by atoms with Crippen LogP contribution in [0.2, 0.25) is 0 Å². The molecule has 1 aromatic rings. The summed E-state index contributed by atoms with van der Waals surface area (Å²) in [6.07, 6.45) is 0. The molecule has 0 spiro atoms. The Hall–Kier alpha value is -1.58. The molecule has 3 nitrogen and oxygen atoms in total. The Balaban J connectivity index is 2.89.